The molecule has 0 spiro atoms. The molecule has 0 aliphatic rings. The number of halogens is 1. The van der Waals surface area contributed by atoms with Crippen LogP contribution in [0.4, 0.5) is 4.39 Å². The van der Waals surface area contributed by atoms with Gasteiger partial charge in [-0.2, -0.15) is 0 Å². The minimum atomic E-state index is -0.467. The zero-order valence-electron chi connectivity index (χ0n) is 9.61. The van der Waals surface area contributed by atoms with Gasteiger partial charge in [-0.15, -0.1) is 0 Å². The molecule has 2 aromatic rings. The number of hydrogen-bond acceptors (Lipinski definition) is 3. The number of pyridine rings is 1. The Morgan fingerprint density at radius 3 is 2.35 bits per heavy atom. The summed E-state index contributed by atoms with van der Waals surface area (Å²) in [6.45, 7) is 0. The van der Waals surface area contributed by atoms with Gasteiger partial charge in [0.25, 0.3) is 5.88 Å². The maximum absolute atomic E-state index is 14.2. The van der Waals surface area contributed by atoms with Crippen LogP contribution in [0.2, 0.25) is 0 Å². The third kappa shape index (κ3) is 2.06. The maximum Gasteiger partial charge on any atom is 0.259 e. The molecular formula is C13H12FNO2. The zero-order chi connectivity index (χ0) is 12.3. The average Bonchev–Trinajstić information content (AvgIpc) is 2.39. The molecule has 0 saturated heterocycles. The first kappa shape index (κ1) is 11.4. The van der Waals surface area contributed by atoms with Crippen molar-refractivity contribution in [2.75, 3.05) is 14.2 Å². The molecule has 0 bridgehead atoms. The zero-order valence-corrected chi connectivity index (χ0v) is 9.61. The molecule has 0 atom stereocenters. The topological polar surface area (TPSA) is 31.4 Å². The van der Waals surface area contributed by atoms with Crippen molar-refractivity contribution in [3.05, 3.63) is 42.3 Å². The molecule has 3 nitrogen and oxygen atoms in total. The van der Waals surface area contributed by atoms with Crippen LogP contribution in [-0.2, 0) is 0 Å². The number of methoxy groups -OCH3 is 2. The normalized spacial score (nSPS) is 10.1. The Kier molecular flexibility index (Phi) is 3.23. The van der Waals surface area contributed by atoms with Gasteiger partial charge in [-0.1, -0.05) is 30.3 Å². The molecule has 17 heavy (non-hydrogen) atoms. The third-order valence-corrected chi connectivity index (χ3v) is 2.42. The van der Waals surface area contributed by atoms with Crippen LogP contribution in [0.25, 0.3) is 11.1 Å². The Bertz CT molecular complexity index is 514. The fourth-order valence-corrected chi connectivity index (χ4v) is 1.60. The van der Waals surface area contributed by atoms with Gasteiger partial charge < -0.3 is 9.47 Å². The van der Waals surface area contributed by atoms with Gasteiger partial charge in [0.1, 0.15) is 0 Å². The molecule has 2 rings (SSSR count). The Morgan fingerprint density at radius 1 is 1.06 bits per heavy atom. The molecule has 0 saturated carbocycles. The minimum Gasteiger partial charge on any atom is -0.489 e. The number of benzene rings is 1. The fourth-order valence-electron chi connectivity index (χ4n) is 1.60. The lowest BCUT2D eigenvalue weighted by Crippen LogP contribution is -1.98. The number of nitrogens with zero attached hydrogens (tertiary/aromatic N) is 1. The monoisotopic (exact) mass is 233 g/mol. The summed E-state index contributed by atoms with van der Waals surface area (Å²) in [6.07, 6.45) is 1.44. The first-order chi connectivity index (χ1) is 8.27. The van der Waals surface area contributed by atoms with E-state index in [0.29, 0.717) is 5.56 Å². The van der Waals surface area contributed by atoms with Crippen molar-refractivity contribution in [3.63, 3.8) is 0 Å². The van der Waals surface area contributed by atoms with Crippen molar-refractivity contribution in [1.29, 1.82) is 0 Å². The van der Waals surface area contributed by atoms with E-state index in [1.165, 1.54) is 20.4 Å². The largest absolute Gasteiger partial charge is 0.489 e. The van der Waals surface area contributed by atoms with Gasteiger partial charge in [0.05, 0.1) is 14.2 Å². The highest BCUT2D eigenvalue weighted by Crippen LogP contribution is 2.34. The van der Waals surface area contributed by atoms with Crippen LogP contribution < -0.4 is 9.47 Å². The van der Waals surface area contributed by atoms with Crippen molar-refractivity contribution in [1.82, 2.24) is 4.98 Å². The van der Waals surface area contributed by atoms with Crippen molar-refractivity contribution in [2.24, 2.45) is 0 Å². The van der Waals surface area contributed by atoms with E-state index in [1.54, 1.807) is 0 Å². The van der Waals surface area contributed by atoms with Crippen LogP contribution in [-0.4, -0.2) is 19.2 Å². The van der Waals surface area contributed by atoms with Crippen LogP contribution in [0.5, 0.6) is 11.6 Å². The summed E-state index contributed by atoms with van der Waals surface area (Å²) in [7, 11) is 2.81. The summed E-state index contributed by atoms with van der Waals surface area (Å²) in [4.78, 5) is 4.02. The highest BCUT2D eigenvalue weighted by Gasteiger charge is 2.17. The molecule has 0 unspecified atom stereocenters. The highest BCUT2D eigenvalue weighted by molar-refractivity contribution is 5.66. The van der Waals surface area contributed by atoms with Crippen molar-refractivity contribution in [2.45, 2.75) is 0 Å². The van der Waals surface area contributed by atoms with E-state index in [4.69, 9.17) is 9.47 Å². The smallest absolute Gasteiger partial charge is 0.259 e. The van der Waals surface area contributed by atoms with Crippen molar-refractivity contribution >= 4 is 0 Å². The molecule has 0 amide bonds. The van der Waals surface area contributed by atoms with E-state index >= 15 is 0 Å². The van der Waals surface area contributed by atoms with E-state index in [-0.39, 0.29) is 11.6 Å². The van der Waals surface area contributed by atoms with Gasteiger partial charge in [-0.25, -0.2) is 9.37 Å². The van der Waals surface area contributed by atoms with Crippen molar-refractivity contribution < 1.29 is 13.9 Å². The molecule has 1 aromatic heterocycles. The Morgan fingerprint density at radius 2 is 1.76 bits per heavy atom. The van der Waals surface area contributed by atoms with Crippen LogP contribution in [0.3, 0.4) is 0 Å². The second-order valence-corrected chi connectivity index (χ2v) is 3.39. The molecule has 0 aliphatic carbocycles. The van der Waals surface area contributed by atoms with E-state index < -0.39 is 5.82 Å². The lowest BCUT2D eigenvalue weighted by molar-refractivity contribution is 0.327. The van der Waals surface area contributed by atoms with Crippen LogP contribution in [0, 0.1) is 5.82 Å². The summed E-state index contributed by atoms with van der Waals surface area (Å²) in [6, 6.07) is 9.17. The average molecular weight is 233 g/mol. The van der Waals surface area contributed by atoms with Gasteiger partial charge >= 0.3 is 0 Å². The summed E-state index contributed by atoms with van der Waals surface area (Å²) in [5.41, 5.74) is 1.14. The van der Waals surface area contributed by atoms with Gasteiger partial charge in [0.15, 0.2) is 5.82 Å². The molecule has 4 heteroatoms. The number of ether oxygens (including phenoxy) is 2. The second kappa shape index (κ2) is 4.82. The first-order valence-electron chi connectivity index (χ1n) is 5.09. The van der Waals surface area contributed by atoms with Gasteiger partial charge in [-0.05, 0) is 5.56 Å². The number of aromatic nitrogens is 1. The fraction of sp³-hybridized carbons (Fsp3) is 0.154. The predicted molar refractivity (Wildman–Crippen MR) is 62.7 cm³/mol. The number of hydrogen-bond donors (Lipinski definition) is 0. The molecule has 1 heterocycles. The first-order valence-corrected chi connectivity index (χ1v) is 5.09. The molecule has 1 aromatic carbocycles. The lowest BCUT2D eigenvalue weighted by atomic mass is 10.1. The van der Waals surface area contributed by atoms with E-state index in [1.807, 2.05) is 30.3 Å². The SMILES string of the molecule is COc1ncc(-c2ccccc2)c(F)c1OC. The maximum atomic E-state index is 14.2. The van der Waals surface area contributed by atoms with E-state index in [9.17, 15) is 4.39 Å². The highest BCUT2D eigenvalue weighted by atomic mass is 19.1. The minimum absolute atomic E-state index is 0.0221. The summed E-state index contributed by atoms with van der Waals surface area (Å²) in [5, 5.41) is 0. The summed E-state index contributed by atoms with van der Waals surface area (Å²) in [5.74, 6) is -0.302. The van der Waals surface area contributed by atoms with Crippen LogP contribution >= 0.6 is 0 Å². The molecule has 0 fully saturated rings. The molecule has 0 N–H and O–H groups in total. The summed E-state index contributed by atoms with van der Waals surface area (Å²) >= 11 is 0. The summed E-state index contributed by atoms with van der Waals surface area (Å²) < 4.78 is 24.1. The molecule has 0 aliphatic heterocycles. The Labute approximate surface area is 98.8 Å². The Hall–Kier alpha value is -2.10. The van der Waals surface area contributed by atoms with Crippen LogP contribution in [0.15, 0.2) is 36.5 Å². The molecule has 0 radical (unpaired) electrons. The predicted octanol–water partition coefficient (Wildman–Crippen LogP) is 2.90. The van der Waals surface area contributed by atoms with Gasteiger partial charge in [0, 0.05) is 11.8 Å². The number of rotatable bonds is 3. The van der Waals surface area contributed by atoms with Gasteiger partial charge in [-0.3, -0.25) is 0 Å². The lowest BCUT2D eigenvalue weighted by Gasteiger charge is -2.10. The quantitative estimate of drug-likeness (QED) is 0.816. The standard InChI is InChI=1S/C13H12FNO2/c1-16-12-11(14)10(8-15-13(12)17-2)9-6-4-3-5-7-9/h3-8H,1-2H3. The Balaban J connectivity index is 2.57. The van der Waals surface area contributed by atoms with E-state index in [0.717, 1.165) is 5.56 Å². The third-order valence-electron chi connectivity index (χ3n) is 2.42. The molecule has 88 valence electrons. The van der Waals surface area contributed by atoms with Gasteiger partial charge in [0.2, 0.25) is 5.75 Å². The molecular weight excluding hydrogens is 221 g/mol. The van der Waals surface area contributed by atoms with E-state index in [2.05, 4.69) is 4.98 Å². The second-order valence-electron chi connectivity index (χ2n) is 3.39. The van der Waals surface area contributed by atoms with Crippen molar-refractivity contribution in [3.8, 4) is 22.8 Å². The van der Waals surface area contributed by atoms with Crippen LogP contribution in [0.1, 0.15) is 0 Å².